The fourth-order valence-corrected chi connectivity index (χ4v) is 1.65. The van der Waals surface area contributed by atoms with Crippen molar-refractivity contribution in [2.45, 2.75) is 6.92 Å². The van der Waals surface area contributed by atoms with Gasteiger partial charge in [-0.15, -0.1) is 0 Å². The summed E-state index contributed by atoms with van der Waals surface area (Å²) in [5.41, 5.74) is 0.601. The Hall–Kier alpha value is -2.62. The lowest BCUT2D eigenvalue weighted by Crippen LogP contribution is -2.11. The van der Waals surface area contributed by atoms with Gasteiger partial charge in [0.2, 0.25) is 0 Å². The summed E-state index contributed by atoms with van der Waals surface area (Å²) in [6.07, 6.45) is 0. The lowest BCUT2D eigenvalue weighted by Gasteiger charge is -2.07. The Kier molecular flexibility index (Phi) is 4.50. The van der Waals surface area contributed by atoms with E-state index >= 15 is 0 Å². The smallest absolute Gasteiger partial charge is 0.308 e. The summed E-state index contributed by atoms with van der Waals surface area (Å²) in [6.45, 7) is 1.26. The van der Waals surface area contributed by atoms with Crippen molar-refractivity contribution >= 4 is 11.8 Å². The first-order valence-electron chi connectivity index (χ1n) is 6.14. The molecule has 0 heterocycles. The van der Waals surface area contributed by atoms with E-state index in [9.17, 15) is 9.59 Å². The lowest BCUT2D eigenvalue weighted by atomic mass is 10.1. The van der Waals surface area contributed by atoms with Crippen molar-refractivity contribution in [3.8, 4) is 11.5 Å². The molecule has 0 N–H and O–H groups in total. The van der Waals surface area contributed by atoms with Gasteiger partial charge in [-0.3, -0.25) is 9.59 Å². The van der Waals surface area contributed by atoms with Gasteiger partial charge in [-0.1, -0.05) is 36.4 Å². The predicted octanol–water partition coefficient (Wildman–Crippen LogP) is 2.87. The van der Waals surface area contributed by atoms with Crippen LogP contribution in [0.1, 0.15) is 17.3 Å². The standard InChI is InChI=1S/C16H14O4/c1-12(17)20-15-9-5-8-14(10-15)19-11-16(18)13-6-3-2-4-7-13/h2-10H,11H2,1H3. The zero-order valence-electron chi connectivity index (χ0n) is 11.0. The Balaban J connectivity index is 1.97. The predicted molar refractivity (Wildman–Crippen MR) is 74.0 cm³/mol. The second kappa shape index (κ2) is 6.52. The Bertz CT molecular complexity index is 605. The van der Waals surface area contributed by atoms with E-state index in [1.165, 1.54) is 6.92 Å². The van der Waals surface area contributed by atoms with Gasteiger partial charge in [-0.25, -0.2) is 0 Å². The van der Waals surface area contributed by atoms with E-state index in [2.05, 4.69) is 0 Å². The van der Waals surface area contributed by atoms with Crippen LogP contribution in [0.5, 0.6) is 11.5 Å². The molecule has 0 radical (unpaired) electrons. The third-order valence-electron chi connectivity index (χ3n) is 2.53. The summed E-state index contributed by atoms with van der Waals surface area (Å²) in [7, 11) is 0. The van der Waals surface area contributed by atoms with Crippen LogP contribution in [0.25, 0.3) is 0 Å². The van der Waals surface area contributed by atoms with Crippen LogP contribution < -0.4 is 9.47 Å². The monoisotopic (exact) mass is 270 g/mol. The van der Waals surface area contributed by atoms with E-state index in [1.807, 2.05) is 6.07 Å². The van der Waals surface area contributed by atoms with E-state index in [1.54, 1.807) is 48.5 Å². The summed E-state index contributed by atoms with van der Waals surface area (Å²) in [4.78, 5) is 22.7. The van der Waals surface area contributed by atoms with Crippen molar-refractivity contribution in [2.75, 3.05) is 6.61 Å². The summed E-state index contributed by atoms with van der Waals surface area (Å²) in [6, 6.07) is 15.5. The van der Waals surface area contributed by atoms with Gasteiger partial charge in [-0.2, -0.15) is 0 Å². The SMILES string of the molecule is CC(=O)Oc1cccc(OCC(=O)c2ccccc2)c1. The first kappa shape index (κ1) is 13.8. The molecule has 0 fully saturated rings. The van der Waals surface area contributed by atoms with Crippen LogP contribution in [0.4, 0.5) is 0 Å². The molecule has 0 amide bonds. The average Bonchev–Trinajstić information content (AvgIpc) is 2.45. The van der Waals surface area contributed by atoms with E-state index < -0.39 is 5.97 Å². The summed E-state index contributed by atoms with van der Waals surface area (Å²) in [5.74, 6) is 0.362. The van der Waals surface area contributed by atoms with Crippen molar-refractivity contribution in [3.05, 3.63) is 60.2 Å². The Labute approximate surface area is 116 Å². The van der Waals surface area contributed by atoms with Gasteiger partial charge in [0.25, 0.3) is 0 Å². The second-order valence-corrected chi connectivity index (χ2v) is 4.15. The quantitative estimate of drug-likeness (QED) is 0.476. The lowest BCUT2D eigenvalue weighted by molar-refractivity contribution is -0.131. The van der Waals surface area contributed by atoms with Crippen LogP contribution in [0, 0.1) is 0 Å². The Morgan fingerprint density at radius 2 is 1.65 bits per heavy atom. The number of rotatable bonds is 5. The molecule has 4 heteroatoms. The summed E-state index contributed by atoms with van der Waals surface area (Å²) < 4.78 is 10.3. The van der Waals surface area contributed by atoms with E-state index in [4.69, 9.17) is 9.47 Å². The van der Waals surface area contributed by atoms with Gasteiger partial charge in [0.1, 0.15) is 11.5 Å². The van der Waals surface area contributed by atoms with Crippen LogP contribution in [-0.2, 0) is 4.79 Å². The van der Waals surface area contributed by atoms with E-state index in [-0.39, 0.29) is 12.4 Å². The van der Waals surface area contributed by atoms with E-state index in [0.29, 0.717) is 17.1 Å². The number of ether oxygens (including phenoxy) is 2. The van der Waals surface area contributed by atoms with Gasteiger partial charge in [0.15, 0.2) is 12.4 Å². The first-order chi connectivity index (χ1) is 9.65. The van der Waals surface area contributed by atoms with Crippen molar-refractivity contribution < 1.29 is 19.1 Å². The van der Waals surface area contributed by atoms with Crippen molar-refractivity contribution in [1.29, 1.82) is 0 Å². The first-order valence-corrected chi connectivity index (χ1v) is 6.14. The highest BCUT2D eigenvalue weighted by molar-refractivity contribution is 5.97. The molecule has 0 aliphatic carbocycles. The fourth-order valence-electron chi connectivity index (χ4n) is 1.65. The molecule has 0 aromatic heterocycles. The highest BCUT2D eigenvalue weighted by Gasteiger charge is 2.07. The minimum absolute atomic E-state index is 0.0620. The number of hydrogen-bond donors (Lipinski definition) is 0. The molecule has 2 rings (SSSR count). The molecule has 20 heavy (non-hydrogen) atoms. The van der Waals surface area contributed by atoms with Gasteiger partial charge < -0.3 is 9.47 Å². The molecule has 4 nitrogen and oxygen atoms in total. The molecular weight excluding hydrogens is 256 g/mol. The molecular formula is C16H14O4. The highest BCUT2D eigenvalue weighted by Crippen LogP contribution is 2.19. The summed E-state index contributed by atoms with van der Waals surface area (Å²) in [5, 5.41) is 0. The minimum atomic E-state index is -0.400. The number of benzene rings is 2. The van der Waals surface area contributed by atoms with Crippen molar-refractivity contribution in [2.24, 2.45) is 0 Å². The molecule has 2 aromatic rings. The molecule has 0 aliphatic rings. The largest absolute Gasteiger partial charge is 0.485 e. The minimum Gasteiger partial charge on any atom is -0.485 e. The molecule has 2 aromatic carbocycles. The molecule has 0 saturated heterocycles. The molecule has 0 aliphatic heterocycles. The molecule has 0 saturated carbocycles. The molecule has 0 spiro atoms. The van der Waals surface area contributed by atoms with Gasteiger partial charge in [-0.05, 0) is 12.1 Å². The number of esters is 1. The number of carbonyl (C=O) groups excluding carboxylic acids is 2. The van der Waals surface area contributed by atoms with Crippen molar-refractivity contribution in [3.63, 3.8) is 0 Å². The number of ketones is 1. The second-order valence-electron chi connectivity index (χ2n) is 4.15. The maximum atomic E-state index is 11.9. The third kappa shape index (κ3) is 3.95. The highest BCUT2D eigenvalue weighted by atomic mass is 16.5. The zero-order chi connectivity index (χ0) is 14.4. The molecule has 102 valence electrons. The third-order valence-corrected chi connectivity index (χ3v) is 2.53. The van der Waals surface area contributed by atoms with Crippen molar-refractivity contribution in [1.82, 2.24) is 0 Å². The summed E-state index contributed by atoms with van der Waals surface area (Å²) >= 11 is 0. The maximum absolute atomic E-state index is 11.9. The fraction of sp³-hybridized carbons (Fsp3) is 0.125. The molecule has 0 unspecified atom stereocenters. The average molecular weight is 270 g/mol. The van der Waals surface area contributed by atoms with Crippen LogP contribution >= 0.6 is 0 Å². The van der Waals surface area contributed by atoms with Crippen LogP contribution in [-0.4, -0.2) is 18.4 Å². The van der Waals surface area contributed by atoms with Crippen LogP contribution in [0.15, 0.2) is 54.6 Å². The Morgan fingerprint density at radius 1 is 0.950 bits per heavy atom. The maximum Gasteiger partial charge on any atom is 0.308 e. The molecule has 0 bridgehead atoms. The number of hydrogen-bond acceptors (Lipinski definition) is 4. The number of Topliss-reactive ketones (excluding diaryl/α,β-unsaturated/α-hetero) is 1. The van der Waals surface area contributed by atoms with E-state index in [0.717, 1.165) is 0 Å². The Morgan fingerprint density at radius 3 is 2.35 bits per heavy atom. The van der Waals surface area contributed by atoms with Gasteiger partial charge in [0, 0.05) is 18.6 Å². The van der Waals surface area contributed by atoms with Crippen LogP contribution in [0.3, 0.4) is 0 Å². The molecule has 0 atom stereocenters. The number of carbonyl (C=O) groups is 2. The normalized spacial score (nSPS) is 9.85. The van der Waals surface area contributed by atoms with Gasteiger partial charge in [0.05, 0.1) is 0 Å². The zero-order valence-corrected chi connectivity index (χ0v) is 11.0. The van der Waals surface area contributed by atoms with Gasteiger partial charge >= 0.3 is 5.97 Å². The van der Waals surface area contributed by atoms with Crippen LogP contribution in [0.2, 0.25) is 0 Å². The topological polar surface area (TPSA) is 52.6 Å².